The van der Waals surface area contributed by atoms with Gasteiger partial charge in [0.2, 0.25) is 5.57 Å². The Bertz CT molecular complexity index is 727. The van der Waals surface area contributed by atoms with Crippen LogP contribution in [0.5, 0.6) is 0 Å². The van der Waals surface area contributed by atoms with Crippen LogP contribution in [0, 0.1) is 0 Å². The van der Waals surface area contributed by atoms with Crippen molar-refractivity contribution >= 4 is 25.0 Å². The number of alkyl halides is 1. The summed E-state index contributed by atoms with van der Waals surface area (Å²) in [5.41, 5.74) is 2.12. The lowest BCUT2D eigenvalue weighted by molar-refractivity contribution is -0.0336. The number of ether oxygens (including phenoxy) is 1. The molecule has 23 heavy (non-hydrogen) atoms. The number of nitrogen functional groups attached to an aromatic ring is 1. The van der Waals surface area contributed by atoms with Crippen molar-refractivity contribution in [3.8, 4) is 0 Å². The normalized spacial score (nSPS) is 27.8. The Morgan fingerprint density at radius 3 is 3.09 bits per heavy atom. The van der Waals surface area contributed by atoms with Gasteiger partial charge in [0.1, 0.15) is 17.6 Å². The van der Waals surface area contributed by atoms with Gasteiger partial charge in [0.15, 0.2) is 0 Å². The number of nitrogens with two attached hydrogens (primary N) is 1. The third-order valence-corrected chi connectivity index (χ3v) is 5.09. The molecule has 1 aliphatic rings. The molecule has 0 bridgehead atoms. The Hall–Kier alpha value is -1.25. The number of aromatic nitrogens is 2. The first kappa shape index (κ1) is 18.1. The van der Waals surface area contributed by atoms with E-state index in [1.54, 1.807) is 0 Å². The average Bonchev–Trinajstić information content (AvgIpc) is 2.91. The molecule has 8 nitrogen and oxygen atoms in total. The van der Waals surface area contributed by atoms with E-state index < -0.39 is 30.7 Å². The SMILES string of the molecule is COP(=O)(O)/C(F)=C\[C@]1(CCl)CC[C@H](n2ccc(N)nc2=O)O1. The van der Waals surface area contributed by atoms with Crippen LogP contribution in [0.3, 0.4) is 0 Å². The fourth-order valence-corrected chi connectivity index (χ4v) is 3.07. The van der Waals surface area contributed by atoms with E-state index in [0.29, 0.717) is 6.42 Å². The van der Waals surface area contributed by atoms with Crippen LogP contribution in [0.25, 0.3) is 0 Å². The lowest BCUT2D eigenvalue weighted by Crippen LogP contribution is -2.32. The minimum absolute atomic E-state index is 0.0695. The summed E-state index contributed by atoms with van der Waals surface area (Å²) in [7, 11) is -3.61. The summed E-state index contributed by atoms with van der Waals surface area (Å²) >= 11 is 5.85. The maximum absolute atomic E-state index is 13.9. The highest BCUT2D eigenvalue weighted by molar-refractivity contribution is 7.57. The standard InChI is InChI=1S/C12H16ClFN3O5P/c1-21-23(19,20)8(14)6-12(7-13)4-2-10(22-12)17-5-3-9(15)16-11(17)18/h3,5-6,10H,2,4,7H2,1H3,(H,19,20)(H2,15,16,18)/b8-6-/t10-,12+/m1/s1. The minimum Gasteiger partial charge on any atom is -0.383 e. The van der Waals surface area contributed by atoms with Crippen LogP contribution < -0.4 is 11.4 Å². The Morgan fingerprint density at radius 2 is 2.52 bits per heavy atom. The molecular formula is C12H16ClFN3O5P. The van der Waals surface area contributed by atoms with Gasteiger partial charge in [0, 0.05) is 13.3 Å². The molecule has 3 atom stereocenters. The van der Waals surface area contributed by atoms with E-state index >= 15 is 0 Å². The topological polar surface area (TPSA) is 117 Å². The van der Waals surface area contributed by atoms with Crippen molar-refractivity contribution in [2.45, 2.75) is 24.7 Å². The molecule has 128 valence electrons. The summed E-state index contributed by atoms with van der Waals surface area (Å²) in [5, 5.41) is 0. The number of anilines is 1. The molecule has 0 aliphatic carbocycles. The molecule has 0 amide bonds. The van der Waals surface area contributed by atoms with Crippen molar-refractivity contribution < 1.29 is 23.1 Å². The van der Waals surface area contributed by atoms with Crippen LogP contribution in [0.2, 0.25) is 0 Å². The van der Waals surface area contributed by atoms with Crippen molar-refractivity contribution in [1.82, 2.24) is 9.55 Å². The number of hydrogen-bond donors (Lipinski definition) is 2. The highest BCUT2D eigenvalue weighted by Crippen LogP contribution is 2.52. The van der Waals surface area contributed by atoms with Gasteiger partial charge >= 0.3 is 13.3 Å². The second kappa shape index (κ2) is 6.70. The van der Waals surface area contributed by atoms with E-state index in [2.05, 4.69) is 9.51 Å². The minimum atomic E-state index is -4.52. The highest BCUT2D eigenvalue weighted by atomic mass is 35.5. The monoisotopic (exact) mass is 367 g/mol. The van der Waals surface area contributed by atoms with Gasteiger partial charge < -0.3 is 19.9 Å². The maximum Gasteiger partial charge on any atom is 0.386 e. The molecule has 2 heterocycles. The molecule has 1 aromatic heterocycles. The quantitative estimate of drug-likeness (QED) is 0.601. The molecule has 3 N–H and O–H groups in total. The molecule has 11 heteroatoms. The highest BCUT2D eigenvalue weighted by Gasteiger charge is 2.42. The van der Waals surface area contributed by atoms with Gasteiger partial charge in [-0.2, -0.15) is 9.37 Å². The fourth-order valence-electron chi connectivity index (χ4n) is 2.23. The van der Waals surface area contributed by atoms with Gasteiger partial charge in [-0.25, -0.2) is 4.79 Å². The number of hydrogen-bond acceptors (Lipinski definition) is 6. The lowest BCUT2D eigenvalue weighted by Gasteiger charge is -2.24. The summed E-state index contributed by atoms with van der Waals surface area (Å²) in [6, 6.07) is 1.43. The van der Waals surface area contributed by atoms with Crippen LogP contribution in [-0.2, 0) is 13.8 Å². The Kier molecular flexibility index (Phi) is 5.27. The molecule has 1 aromatic rings. The van der Waals surface area contributed by atoms with E-state index in [1.165, 1.54) is 16.8 Å². The number of halogens is 2. The summed E-state index contributed by atoms with van der Waals surface area (Å²) in [6.07, 6.45) is 2.09. The molecule has 1 fully saturated rings. The van der Waals surface area contributed by atoms with Gasteiger partial charge in [-0.05, 0) is 25.0 Å². The molecule has 1 aliphatic heterocycles. The van der Waals surface area contributed by atoms with Crippen molar-refractivity contribution in [3.63, 3.8) is 0 Å². The smallest absolute Gasteiger partial charge is 0.383 e. The van der Waals surface area contributed by atoms with Gasteiger partial charge in [-0.3, -0.25) is 9.13 Å². The van der Waals surface area contributed by atoms with Crippen LogP contribution in [0.15, 0.2) is 28.7 Å². The zero-order valence-corrected chi connectivity index (χ0v) is 13.8. The van der Waals surface area contributed by atoms with Gasteiger partial charge in [0.05, 0.1) is 5.88 Å². The lowest BCUT2D eigenvalue weighted by atomic mass is 10.0. The zero-order valence-electron chi connectivity index (χ0n) is 12.2. The first-order valence-electron chi connectivity index (χ1n) is 6.59. The third-order valence-electron chi connectivity index (χ3n) is 3.47. The molecule has 0 radical (unpaired) electrons. The molecule has 1 saturated heterocycles. The van der Waals surface area contributed by atoms with Crippen molar-refractivity contribution in [3.05, 3.63) is 34.4 Å². The van der Waals surface area contributed by atoms with Crippen molar-refractivity contribution in [1.29, 1.82) is 0 Å². The van der Waals surface area contributed by atoms with Crippen LogP contribution in [0.4, 0.5) is 10.2 Å². The average molecular weight is 368 g/mol. The second-order valence-corrected chi connectivity index (χ2v) is 7.12. The summed E-state index contributed by atoms with van der Waals surface area (Å²) < 4.78 is 36.5. The van der Waals surface area contributed by atoms with Crippen LogP contribution in [-0.4, -0.2) is 33.0 Å². The van der Waals surface area contributed by atoms with Crippen molar-refractivity contribution in [2.75, 3.05) is 18.7 Å². The Morgan fingerprint density at radius 1 is 1.83 bits per heavy atom. The Balaban J connectivity index is 2.29. The molecule has 0 spiro atoms. The first-order chi connectivity index (χ1) is 10.7. The number of nitrogens with zero attached hydrogens (tertiary/aromatic N) is 2. The number of rotatable bonds is 5. The maximum atomic E-state index is 13.9. The van der Waals surface area contributed by atoms with Gasteiger partial charge in [0.25, 0.3) is 0 Å². The molecule has 1 unspecified atom stereocenters. The Labute approximate surface area is 136 Å². The van der Waals surface area contributed by atoms with E-state index in [1.807, 2.05) is 0 Å². The van der Waals surface area contributed by atoms with E-state index in [9.17, 15) is 18.6 Å². The van der Waals surface area contributed by atoms with E-state index in [0.717, 1.165) is 13.2 Å². The third kappa shape index (κ3) is 3.81. The fraction of sp³-hybridized carbons (Fsp3) is 0.500. The summed E-state index contributed by atoms with van der Waals surface area (Å²) in [6.45, 7) is 0. The second-order valence-electron chi connectivity index (χ2n) is 5.02. The molecule has 0 saturated carbocycles. The zero-order chi connectivity index (χ0) is 17.3. The van der Waals surface area contributed by atoms with Crippen molar-refractivity contribution in [2.24, 2.45) is 0 Å². The summed E-state index contributed by atoms with van der Waals surface area (Å²) in [4.78, 5) is 24.7. The van der Waals surface area contributed by atoms with E-state index in [4.69, 9.17) is 22.1 Å². The largest absolute Gasteiger partial charge is 0.386 e. The first-order valence-corrected chi connectivity index (χ1v) is 8.70. The molecule has 0 aromatic carbocycles. The van der Waals surface area contributed by atoms with Gasteiger partial charge in [-0.1, -0.05) is 0 Å². The van der Waals surface area contributed by atoms with Crippen LogP contribution in [0.1, 0.15) is 19.1 Å². The summed E-state index contributed by atoms with van der Waals surface area (Å²) in [5.74, 6) is -0.0993. The molecule has 2 rings (SSSR count). The van der Waals surface area contributed by atoms with Gasteiger partial charge in [-0.15, -0.1) is 11.6 Å². The van der Waals surface area contributed by atoms with Crippen LogP contribution >= 0.6 is 19.2 Å². The predicted octanol–water partition coefficient (Wildman–Crippen LogP) is 1.75. The van der Waals surface area contributed by atoms with E-state index in [-0.39, 0.29) is 18.1 Å². The molecular weight excluding hydrogens is 352 g/mol. The predicted molar refractivity (Wildman–Crippen MR) is 81.7 cm³/mol.